The van der Waals surface area contributed by atoms with E-state index in [1.807, 2.05) is 36.4 Å². The SMILES string of the molecule is CCCc1nc2ccccc2n1C[C@@H](O)COc1ccc(C)c(C)c1. The standard InChI is InChI=1S/C21H26N2O2/c1-4-7-21-22-19-8-5-6-9-20(19)23(21)13-17(24)14-25-18-11-10-15(2)16(3)12-18/h5-6,8-12,17,24H,4,7,13-14H2,1-3H3/t17-/m1/s1. The van der Waals surface area contributed by atoms with Crippen molar-refractivity contribution in [1.29, 1.82) is 0 Å². The van der Waals surface area contributed by atoms with E-state index in [0.717, 1.165) is 35.4 Å². The van der Waals surface area contributed by atoms with Gasteiger partial charge in [0.25, 0.3) is 0 Å². The maximum atomic E-state index is 10.5. The molecule has 0 spiro atoms. The molecule has 0 unspecified atom stereocenters. The lowest BCUT2D eigenvalue weighted by molar-refractivity contribution is 0.0927. The van der Waals surface area contributed by atoms with E-state index in [1.165, 1.54) is 11.1 Å². The zero-order chi connectivity index (χ0) is 17.8. The number of ether oxygens (including phenoxy) is 1. The molecule has 0 saturated carbocycles. The molecule has 0 aliphatic carbocycles. The number of para-hydroxylation sites is 2. The van der Waals surface area contributed by atoms with Gasteiger partial charge in [0.2, 0.25) is 0 Å². The first kappa shape index (κ1) is 17.5. The highest BCUT2D eigenvalue weighted by Crippen LogP contribution is 2.19. The van der Waals surface area contributed by atoms with Crippen LogP contribution in [0.25, 0.3) is 11.0 Å². The van der Waals surface area contributed by atoms with Gasteiger partial charge in [0.05, 0.1) is 17.6 Å². The number of aliphatic hydroxyl groups is 1. The molecule has 0 saturated heterocycles. The molecule has 25 heavy (non-hydrogen) atoms. The summed E-state index contributed by atoms with van der Waals surface area (Å²) < 4.78 is 7.90. The predicted octanol–water partition coefficient (Wildman–Crippen LogP) is 4.05. The minimum Gasteiger partial charge on any atom is -0.491 e. The third-order valence-corrected chi connectivity index (χ3v) is 4.52. The molecule has 0 radical (unpaired) electrons. The summed E-state index contributed by atoms with van der Waals surface area (Å²) >= 11 is 0. The van der Waals surface area contributed by atoms with Crippen LogP contribution in [0.5, 0.6) is 5.75 Å². The number of hydrogen-bond donors (Lipinski definition) is 1. The van der Waals surface area contributed by atoms with E-state index in [9.17, 15) is 5.11 Å². The monoisotopic (exact) mass is 338 g/mol. The van der Waals surface area contributed by atoms with Crippen LogP contribution in [0.3, 0.4) is 0 Å². The van der Waals surface area contributed by atoms with Crippen LogP contribution in [0, 0.1) is 13.8 Å². The molecule has 1 atom stereocenters. The van der Waals surface area contributed by atoms with Crippen molar-refractivity contribution < 1.29 is 9.84 Å². The molecule has 1 aromatic heterocycles. The summed E-state index contributed by atoms with van der Waals surface area (Å²) in [7, 11) is 0. The first-order valence-electron chi connectivity index (χ1n) is 8.90. The van der Waals surface area contributed by atoms with Crippen LogP contribution in [0.4, 0.5) is 0 Å². The van der Waals surface area contributed by atoms with Crippen LogP contribution in [-0.4, -0.2) is 27.4 Å². The number of imidazole rings is 1. The molecule has 0 bridgehead atoms. The number of fused-ring (bicyclic) bond motifs is 1. The van der Waals surface area contributed by atoms with Crippen LogP contribution in [-0.2, 0) is 13.0 Å². The van der Waals surface area contributed by atoms with Gasteiger partial charge >= 0.3 is 0 Å². The Hall–Kier alpha value is -2.33. The first-order chi connectivity index (χ1) is 12.1. The maximum Gasteiger partial charge on any atom is 0.119 e. The lowest BCUT2D eigenvalue weighted by Gasteiger charge is -2.16. The van der Waals surface area contributed by atoms with Crippen molar-refractivity contribution in [1.82, 2.24) is 9.55 Å². The van der Waals surface area contributed by atoms with E-state index in [4.69, 9.17) is 9.72 Å². The topological polar surface area (TPSA) is 47.3 Å². The quantitative estimate of drug-likeness (QED) is 0.707. The highest BCUT2D eigenvalue weighted by Gasteiger charge is 2.14. The number of aromatic nitrogens is 2. The zero-order valence-corrected chi connectivity index (χ0v) is 15.2. The van der Waals surface area contributed by atoms with E-state index < -0.39 is 6.10 Å². The highest BCUT2D eigenvalue weighted by atomic mass is 16.5. The summed E-state index contributed by atoms with van der Waals surface area (Å²) in [5.74, 6) is 1.82. The second kappa shape index (κ2) is 7.70. The Balaban J connectivity index is 1.71. The smallest absolute Gasteiger partial charge is 0.119 e. The van der Waals surface area contributed by atoms with Crippen LogP contribution in [0.2, 0.25) is 0 Å². The number of benzene rings is 2. The molecular formula is C21H26N2O2. The molecule has 0 aliphatic rings. The molecule has 3 rings (SSSR count). The van der Waals surface area contributed by atoms with Gasteiger partial charge in [0, 0.05) is 6.42 Å². The Morgan fingerprint density at radius 1 is 1.12 bits per heavy atom. The summed E-state index contributed by atoms with van der Waals surface area (Å²) in [4.78, 5) is 4.71. The van der Waals surface area contributed by atoms with E-state index in [2.05, 4.69) is 31.4 Å². The summed E-state index contributed by atoms with van der Waals surface area (Å²) in [6.07, 6.45) is 1.34. The second-order valence-corrected chi connectivity index (χ2v) is 6.59. The van der Waals surface area contributed by atoms with Crippen molar-refractivity contribution in [2.24, 2.45) is 0 Å². The molecule has 2 aromatic carbocycles. The Bertz CT molecular complexity index is 854. The third kappa shape index (κ3) is 4.02. The lowest BCUT2D eigenvalue weighted by Crippen LogP contribution is -2.24. The largest absolute Gasteiger partial charge is 0.491 e. The fourth-order valence-electron chi connectivity index (χ4n) is 3.00. The van der Waals surface area contributed by atoms with E-state index in [1.54, 1.807) is 0 Å². The molecule has 4 heteroatoms. The van der Waals surface area contributed by atoms with Crippen LogP contribution in [0.15, 0.2) is 42.5 Å². The number of aryl methyl sites for hydroxylation is 3. The summed E-state index contributed by atoms with van der Waals surface area (Å²) in [6, 6.07) is 14.1. The van der Waals surface area contributed by atoms with Gasteiger partial charge in [0.15, 0.2) is 0 Å². The number of hydrogen-bond acceptors (Lipinski definition) is 3. The molecule has 0 aliphatic heterocycles. The van der Waals surface area contributed by atoms with Crippen LogP contribution in [0.1, 0.15) is 30.3 Å². The van der Waals surface area contributed by atoms with E-state index in [0.29, 0.717) is 6.54 Å². The minimum atomic E-state index is -0.588. The van der Waals surface area contributed by atoms with Gasteiger partial charge in [-0.2, -0.15) is 0 Å². The van der Waals surface area contributed by atoms with Crippen molar-refractivity contribution in [3.05, 3.63) is 59.4 Å². The molecule has 3 aromatic rings. The van der Waals surface area contributed by atoms with Crippen molar-refractivity contribution >= 4 is 11.0 Å². The van der Waals surface area contributed by atoms with Gasteiger partial charge in [-0.3, -0.25) is 0 Å². The minimum absolute atomic E-state index is 0.264. The Labute approximate surface area is 149 Å². The van der Waals surface area contributed by atoms with E-state index in [-0.39, 0.29) is 6.61 Å². The Morgan fingerprint density at radius 3 is 2.68 bits per heavy atom. The van der Waals surface area contributed by atoms with Crippen molar-refractivity contribution in [2.75, 3.05) is 6.61 Å². The lowest BCUT2D eigenvalue weighted by atomic mass is 10.1. The van der Waals surface area contributed by atoms with Crippen LogP contribution >= 0.6 is 0 Å². The summed E-state index contributed by atoms with van der Waals surface area (Å²) in [6.45, 7) is 7.03. The fraction of sp³-hybridized carbons (Fsp3) is 0.381. The molecule has 0 fully saturated rings. The second-order valence-electron chi connectivity index (χ2n) is 6.59. The van der Waals surface area contributed by atoms with Gasteiger partial charge in [0.1, 0.15) is 24.3 Å². The highest BCUT2D eigenvalue weighted by molar-refractivity contribution is 5.75. The predicted molar refractivity (Wildman–Crippen MR) is 101 cm³/mol. The van der Waals surface area contributed by atoms with Crippen molar-refractivity contribution in [3.63, 3.8) is 0 Å². The van der Waals surface area contributed by atoms with Gasteiger partial charge in [-0.25, -0.2) is 4.98 Å². The Kier molecular flexibility index (Phi) is 5.39. The van der Waals surface area contributed by atoms with Crippen molar-refractivity contribution in [2.45, 2.75) is 46.3 Å². The van der Waals surface area contributed by atoms with Gasteiger partial charge in [-0.05, 0) is 55.7 Å². The molecule has 1 heterocycles. The molecule has 0 amide bonds. The zero-order valence-electron chi connectivity index (χ0n) is 15.2. The summed E-state index contributed by atoms with van der Waals surface area (Å²) in [5, 5.41) is 10.5. The third-order valence-electron chi connectivity index (χ3n) is 4.52. The normalized spacial score (nSPS) is 12.5. The Morgan fingerprint density at radius 2 is 1.92 bits per heavy atom. The number of aliphatic hydroxyl groups excluding tert-OH is 1. The number of nitrogens with zero attached hydrogens (tertiary/aromatic N) is 2. The van der Waals surface area contributed by atoms with Gasteiger partial charge < -0.3 is 14.4 Å². The van der Waals surface area contributed by atoms with E-state index >= 15 is 0 Å². The van der Waals surface area contributed by atoms with Crippen molar-refractivity contribution in [3.8, 4) is 5.75 Å². The fourth-order valence-corrected chi connectivity index (χ4v) is 3.00. The van der Waals surface area contributed by atoms with Gasteiger partial charge in [-0.15, -0.1) is 0 Å². The molecule has 1 N–H and O–H groups in total. The molecule has 4 nitrogen and oxygen atoms in total. The van der Waals surface area contributed by atoms with Crippen LogP contribution < -0.4 is 4.74 Å². The molecular weight excluding hydrogens is 312 g/mol. The van der Waals surface area contributed by atoms with Gasteiger partial charge in [-0.1, -0.05) is 25.1 Å². The average molecular weight is 338 g/mol. The number of rotatable bonds is 7. The first-order valence-corrected chi connectivity index (χ1v) is 8.90. The molecule has 132 valence electrons. The average Bonchev–Trinajstić information content (AvgIpc) is 2.94. The summed E-state index contributed by atoms with van der Waals surface area (Å²) in [5.41, 5.74) is 4.48. The maximum absolute atomic E-state index is 10.5.